The smallest absolute Gasteiger partial charge is 0.312 e. The number of benzene rings is 2. The predicted octanol–water partition coefficient (Wildman–Crippen LogP) is 3.65. The Morgan fingerprint density at radius 1 is 1.03 bits per heavy atom. The van der Waals surface area contributed by atoms with E-state index in [2.05, 4.69) is 0 Å². The van der Waals surface area contributed by atoms with Gasteiger partial charge in [0.1, 0.15) is 30.3 Å². The van der Waals surface area contributed by atoms with Crippen molar-refractivity contribution in [3.8, 4) is 28.7 Å². The van der Waals surface area contributed by atoms with Gasteiger partial charge in [0.2, 0.25) is 5.75 Å². The van der Waals surface area contributed by atoms with Crippen LogP contribution in [0.4, 0.5) is 0 Å². The summed E-state index contributed by atoms with van der Waals surface area (Å²) in [7, 11) is 1.56. The van der Waals surface area contributed by atoms with Crippen molar-refractivity contribution in [2.45, 2.75) is 38.2 Å². The first-order valence-electron chi connectivity index (χ1n) is 9.93. The lowest BCUT2D eigenvalue weighted by atomic mass is 9.82. The van der Waals surface area contributed by atoms with Gasteiger partial charge < -0.3 is 23.7 Å². The average Bonchev–Trinajstić information content (AvgIpc) is 2.71. The van der Waals surface area contributed by atoms with Crippen molar-refractivity contribution in [3.05, 3.63) is 41.0 Å². The maximum Gasteiger partial charge on any atom is 0.312 e. The minimum atomic E-state index is -0.643. The highest BCUT2D eigenvalue weighted by atomic mass is 16.6. The zero-order valence-electron chi connectivity index (χ0n) is 17.1. The molecular formula is C23H22O7. The molecule has 1 atom stereocenters. The second kappa shape index (κ2) is 6.65. The molecule has 0 N–H and O–H groups in total. The fourth-order valence-corrected chi connectivity index (χ4v) is 4.34. The van der Waals surface area contributed by atoms with Crippen LogP contribution < -0.4 is 23.7 Å². The SMILES string of the molecule is COc1cc([C@@H]2CC(=O)Oc3ccc4c(c32)OC(C)(C)CC4=O)cc2c1OCCO2. The van der Waals surface area contributed by atoms with Crippen LogP contribution in [0.3, 0.4) is 0 Å². The Hall–Kier alpha value is -3.22. The molecule has 0 saturated carbocycles. The number of fused-ring (bicyclic) bond motifs is 4. The summed E-state index contributed by atoms with van der Waals surface area (Å²) in [4.78, 5) is 25.1. The standard InChI is InChI=1S/C23H22O7/c1-23(2)11-15(24)13-4-5-16-20(21(13)30-23)14(10-19(25)29-16)12-8-17(26-3)22-18(9-12)27-6-7-28-22/h4-5,8-9,14H,6-7,10-11H2,1-3H3/t14-/m0/s1. The van der Waals surface area contributed by atoms with E-state index in [9.17, 15) is 9.59 Å². The summed E-state index contributed by atoms with van der Waals surface area (Å²) >= 11 is 0. The Kier molecular flexibility index (Phi) is 4.17. The van der Waals surface area contributed by atoms with Crippen LogP contribution in [0, 0.1) is 0 Å². The Bertz CT molecular complexity index is 1050. The number of Topliss-reactive ketones (excluding diaryl/α,β-unsaturated/α-hetero) is 1. The third kappa shape index (κ3) is 2.96. The zero-order valence-corrected chi connectivity index (χ0v) is 17.1. The van der Waals surface area contributed by atoms with Gasteiger partial charge in [0.15, 0.2) is 17.3 Å². The molecule has 7 nitrogen and oxygen atoms in total. The van der Waals surface area contributed by atoms with Gasteiger partial charge in [0.05, 0.1) is 25.5 Å². The summed E-state index contributed by atoms with van der Waals surface area (Å²) < 4.78 is 28.7. The molecule has 30 heavy (non-hydrogen) atoms. The van der Waals surface area contributed by atoms with Crippen LogP contribution in [0.25, 0.3) is 0 Å². The molecule has 0 aromatic heterocycles. The van der Waals surface area contributed by atoms with Crippen molar-refractivity contribution in [3.63, 3.8) is 0 Å². The summed E-state index contributed by atoms with van der Waals surface area (Å²) in [5.41, 5.74) is 1.38. The molecule has 3 aliphatic rings. The molecule has 3 heterocycles. The summed E-state index contributed by atoms with van der Waals surface area (Å²) in [6, 6.07) is 7.05. The monoisotopic (exact) mass is 410 g/mol. The van der Waals surface area contributed by atoms with Gasteiger partial charge in [-0.2, -0.15) is 0 Å². The van der Waals surface area contributed by atoms with E-state index < -0.39 is 5.60 Å². The van der Waals surface area contributed by atoms with Gasteiger partial charge >= 0.3 is 5.97 Å². The van der Waals surface area contributed by atoms with Gasteiger partial charge in [-0.15, -0.1) is 0 Å². The first-order valence-corrected chi connectivity index (χ1v) is 9.93. The summed E-state index contributed by atoms with van der Waals surface area (Å²) in [6.07, 6.45) is 0.408. The van der Waals surface area contributed by atoms with E-state index in [1.807, 2.05) is 26.0 Å². The van der Waals surface area contributed by atoms with E-state index in [1.165, 1.54) is 0 Å². The number of hydrogen-bond acceptors (Lipinski definition) is 7. The number of rotatable bonds is 2. The van der Waals surface area contributed by atoms with E-state index in [1.54, 1.807) is 19.2 Å². The molecule has 156 valence electrons. The lowest BCUT2D eigenvalue weighted by molar-refractivity contribution is -0.135. The van der Waals surface area contributed by atoms with Crippen molar-refractivity contribution in [2.24, 2.45) is 0 Å². The molecule has 0 amide bonds. The normalized spacial score (nSPS) is 21.1. The van der Waals surface area contributed by atoms with E-state index in [0.717, 1.165) is 5.56 Å². The largest absolute Gasteiger partial charge is 0.493 e. The van der Waals surface area contributed by atoms with Gasteiger partial charge in [0.25, 0.3) is 0 Å². The highest BCUT2D eigenvalue weighted by Gasteiger charge is 2.40. The highest BCUT2D eigenvalue weighted by Crippen LogP contribution is 2.51. The number of esters is 1. The molecule has 5 rings (SSSR count). The molecule has 0 fully saturated rings. The average molecular weight is 410 g/mol. The highest BCUT2D eigenvalue weighted by molar-refractivity contribution is 6.01. The molecule has 0 unspecified atom stereocenters. The van der Waals surface area contributed by atoms with Crippen LogP contribution in [0.15, 0.2) is 24.3 Å². The van der Waals surface area contributed by atoms with E-state index in [-0.39, 0.29) is 24.1 Å². The lowest BCUT2D eigenvalue weighted by Crippen LogP contribution is -2.37. The van der Waals surface area contributed by atoms with Crippen LogP contribution in [-0.2, 0) is 4.79 Å². The van der Waals surface area contributed by atoms with Crippen molar-refractivity contribution < 1.29 is 33.3 Å². The van der Waals surface area contributed by atoms with Gasteiger partial charge in [-0.25, -0.2) is 0 Å². The van der Waals surface area contributed by atoms with Crippen LogP contribution >= 0.6 is 0 Å². The molecule has 7 heteroatoms. The maximum absolute atomic E-state index is 12.7. The first kappa shape index (κ1) is 18.8. The van der Waals surface area contributed by atoms with Gasteiger partial charge in [-0.1, -0.05) is 0 Å². The van der Waals surface area contributed by atoms with Gasteiger partial charge in [-0.05, 0) is 43.7 Å². The van der Waals surface area contributed by atoms with Crippen molar-refractivity contribution >= 4 is 11.8 Å². The van der Waals surface area contributed by atoms with E-state index >= 15 is 0 Å². The van der Waals surface area contributed by atoms with Gasteiger partial charge in [-0.3, -0.25) is 9.59 Å². The van der Waals surface area contributed by atoms with Crippen LogP contribution in [-0.4, -0.2) is 37.7 Å². The number of hydrogen-bond donors (Lipinski definition) is 0. The van der Waals surface area contributed by atoms with E-state index in [4.69, 9.17) is 23.7 Å². The predicted molar refractivity (Wildman–Crippen MR) is 106 cm³/mol. The lowest BCUT2D eigenvalue weighted by Gasteiger charge is -2.36. The maximum atomic E-state index is 12.7. The Morgan fingerprint density at radius 3 is 2.63 bits per heavy atom. The fourth-order valence-electron chi connectivity index (χ4n) is 4.34. The molecule has 2 aromatic rings. The van der Waals surface area contributed by atoms with Gasteiger partial charge in [0, 0.05) is 11.5 Å². The third-order valence-corrected chi connectivity index (χ3v) is 5.62. The number of ketones is 1. The minimum Gasteiger partial charge on any atom is -0.493 e. The van der Waals surface area contributed by atoms with Crippen LogP contribution in [0.2, 0.25) is 0 Å². The molecule has 2 aromatic carbocycles. The minimum absolute atomic E-state index is 0.0134. The quantitative estimate of drug-likeness (QED) is 0.552. The van der Waals surface area contributed by atoms with Crippen LogP contribution in [0.1, 0.15) is 54.1 Å². The Balaban J connectivity index is 1.70. The fraction of sp³-hybridized carbons (Fsp3) is 0.391. The summed E-state index contributed by atoms with van der Waals surface area (Å²) in [5.74, 6) is 1.84. The molecule has 0 spiro atoms. The molecule has 0 radical (unpaired) electrons. The first-order chi connectivity index (χ1) is 14.4. The molecule has 0 bridgehead atoms. The number of ether oxygens (including phenoxy) is 5. The van der Waals surface area contributed by atoms with Crippen molar-refractivity contribution in [2.75, 3.05) is 20.3 Å². The van der Waals surface area contributed by atoms with Crippen LogP contribution in [0.5, 0.6) is 28.7 Å². The number of carbonyl (C=O) groups is 2. The summed E-state index contributed by atoms with van der Waals surface area (Å²) in [6.45, 7) is 4.64. The summed E-state index contributed by atoms with van der Waals surface area (Å²) in [5, 5.41) is 0. The Labute approximate surface area is 173 Å². The third-order valence-electron chi connectivity index (χ3n) is 5.62. The number of methoxy groups -OCH3 is 1. The second-order valence-electron chi connectivity index (χ2n) is 8.29. The topological polar surface area (TPSA) is 80.3 Å². The molecular weight excluding hydrogens is 388 g/mol. The van der Waals surface area contributed by atoms with E-state index in [0.29, 0.717) is 59.5 Å². The van der Waals surface area contributed by atoms with Crippen molar-refractivity contribution in [1.82, 2.24) is 0 Å². The Morgan fingerprint density at radius 2 is 1.83 bits per heavy atom. The molecule has 0 saturated heterocycles. The van der Waals surface area contributed by atoms with Crippen molar-refractivity contribution in [1.29, 1.82) is 0 Å². The molecule has 0 aliphatic carbocycles. The molecule has 3 aliphatic heterocycles. The second-order valence-corrected chi connectivity index (χ2v) is 8.29. The number of carbonyl (C=O) groups excluding carboxylic acids is 2. The zero-order chi connectivity index (χ0) is 21.0.